The van der Waals surface area contributed by atoms with Crippen molar-refractivity contribution in [1.82, 2.24) is 35.3 Å². The number of urea groups is 1. The summed E-state index contributed by atoms with van der Waals surface area (Å²) in [5.41, 5.74) is 1.37. The molecular weight excluding hydrogens is 354 g/mol. The Balaban J connectivity index is 1.11. The summed E-state index contributed by atoms with van der Waals surface area (Å²) in [5, 5.41) is 15.0. The van der Waals surface area contributed by atoms with E-state index in [4.69, 9.17) is 0 Å². The summed E-state index contributed by atoms with van der Waals surface area (Å²) in [6, 6.07) is 10.9. The number of rotatable bonds is 3. The Morgan fingerprint density at radius 1 is 1.07 bits per heavy atom. The zero-order valence-electron chi connectivity index (χ0n) is 16.1. The van der Waals surface area contributed by atoms with Crippen LogP contribution in [0.5, 0.6) is 0 Å². The molecular formula is C20H27N7O. The molecule has 1 aromatic heterocycles. The monoisotopic (exact) mass is 381 g/mol. The van der Waals surface area contributed by atoms with E-state index in [0.29, 0.717) is 11.8 Å². The van der Waals surface area contributed by atoms with E-state index in [9.17, 15) is 4.79 Å². The maximum absolute atomic E-state index is 12.8. The quantitative estimate of drug-likeness (QED) is 0.863. The van der Waals surface area contributed by atoms with E-state index in [0.717, 1.165) is 64.4 Å². The minimum Gasteiger partial charge on any atom is -0.335 e. The number of likely N-dealkylation sites (tertiary alicyclic amines) is 2. The van der Waals surface area contributed by atoms with Crippen molar-refractivity contribution in [2.45, 2.75) is 38.4 Å². The Labute approximate surface area is 164 Å². The number of hydrogen-bond acceptors (Lipinski definition) is 5. The molecule has 1 N–H and O–H groups in total. The van der Waals surface area contributed by atoms with Gasteiger partial charge in [0.25, 0.3) is 0 Å². The third-order valence-corrected chi connectivity index (χ3v) is 6.44. The number of carbonyl (C=O) groups is 1. The average Bonchev–Trinajstić information content (AvgIpc) is 3.37. The lowest BCUT2D eigenvalue weighted by atomic mass is 10.0. The molecule has 1 aromatic carbocycles. The normalized spacial score (nSPS) is 27.3. The minimum absolute atomic E-state index is 0.0969. The zero-order chi connectivity index (χ0) is 18.9. The summed E-state index contributed by atoms with van der Waals surface area (Å²) >= 11 is 0. The fourth-order valence-corrected chi connectivity index (χ4v) is 4.94. The first kappa shape index (κ1) is 17.6. The lowest BCUT2D eigenvalue weighted by Gasteiger charge is -2.24. The van der Waals surface area contributed by atoms with Crippen LogP contribution in [-0.4, -0.2) is 68.3 Å². The predicted octanol–water partition coefficient (Wildman–Crippen LogP) is 1.15. The molecule has 0 aliphatic carbocycles. The number of amides is 2. The van der Waals surface area contributed by atoms with E-state index in [1.54, 1.807) is 0 Å². The van der Waals surface area contributed by atoms with Crippen LogP contribution in [0.3, 0.4) is 0 Å². The highest BCUT2D eigenvalue weighted by Crippen LogP contribution is 2.32. The van der Waals surface area contributed by atoms with E-state index < -0.39 is 0 Å². The molecule has 0 radical (unpaired) electrons. The number of nitrogens with one attached hydrogen (secondary N) is 1. The largest absolute Gasteiger partial charge is 0.335 e. The van der Waals surface area contributed by atoms with Crippen LogP contribution in [0.2, 0.25) is 0 Å². The van der Waals surface area contributed by atoms with Crippen molar-refractivity contribution in [1.29, 1.82) is 0 Å². The highest BCUT2D eigenvalue weighted by atomic mass is 16.2. The summed E-state index contributed by atoms with van der Waals surface area (Å²) in [7, 11) is 0. The molecule has 2 fully saturated rings. The first-order valence-electron chi connectivity index (χ1n) is 10.3. The van der Waals surface area contributed by atoms with Crippen molar-refractivity contribution in [3.05, 3.63) is 41.7 Å². The van der Waals surface area contributed by atoms with Gasteiger partial charge in [-0.2, -0.15) is 0 Å². The molecule has 0 bridgehead atoms. The summed E-state index contributed by atoms with van der Waals surface area (Å²) in [6.07, 6.45) is 2.60. The van der Waals surface area contributed by atoms with Gasteiger partial charge in [-0.25, -0.2) is 9.48 Å². The lowest BCUT2D eigenvalue weighted by Crippen LogP contribution is -2.45. The summed E-state index contributed by atoms with van der Waals surface area (Å²) < 4.78 is 1.85. The average molecular weight is 381 g/mol. The molecule has 1 unspecified atom stereocenters. The third kappa shape index (κ3) is 3.61. The number of aromatic nitrogens is 4. The Kier molecular flexibility index (Phi) is 4.72. The van der Waals surface area contributed by atoms with Crippen LogP contribution in [0.15, 0.2) is 30.3 Å². The highest BCUT2D eigenvalue weighted by Gasteiger charge is 2.41. The van der Waals surface area contributed by atoms with Gasteiger partial charge in [0.05, 0.1) is 0 Å². The Hall–Kier alpha value is -2.48. The molecule has 2 amide bonds. The second kappa shape index (κ2) is 7.50. The van der Waals surface area contributed by atoms with Crippen molar-refractivity contribution in [3.63, 3.8) is 0 Å². The molecule has 3 atom stereocenters. The van der Waals surface area contributed by atoms with E-state index in [1.807, 2.05) is 9.58 Å². The van der Waals surface area contributed by atoms with Gasteiger partial charge in [-0.3, -0.25) is 4.90 Å². The fourth-order valence-electron chi connectivity index (χ4n) is 4.94. The Morgan fingerprint density at radius 3 is 2.64 bits per heavy atom. The number of aryl methyl sites for hydroxylation is 2. The highest BCUT2D eigenvalue weighted by molar-refractivity contribution is 5.75. The van der Waals surface area contributed by atoms with Crippen LogP contribution < -0.4 is 5.32 Å². The van der Waals surface area contributed by atoms with Gasteiger partial charge in [0.1, 0.15) is 0 Å². The molecule has 3 aliphatic rings. The summed E-state index contributed by atoms with van der Waals surface area (Å²) in [6.45, 7) is 5.72. The van der Waals surface area contributed by atoms with Gasteiger partial charge in [0.15, 0.2) is 5.82 Å². The number of tetrazole rings is 1. The SMILES string of the molecule is O=C(NC1CCc2nnnn2CC1)N1C[C@H]2CN(Cc3ccccc3)C[C@H]2C1. The molecule has 2 saturated heterocycles. The number of fused-ring (bicyclic) bond motifs is 2. The molecule has 2 aromatic rings. The van der Waals surface area contributed by atoms with Gasteiger partial charge >= 0.3 is 6.03 Å². The lowest BCUT2D eigenvalue weighted by molar-refractivity contribution is 0.193. The van der Waals surface area contributed by atoms with Gasteiger partial charge < -0.3 is 10.2 Å². The second-order valence-corrected chi connectivity index (χ2v) is 8.40. The van der Waals surface area contributed by atoms with Crippen LogP contribution >= 0.6 is 0 Å². The van der Waals surface area contributed by atoms with Gasteiger partial charge in [0.2, 0.25) is 0 Å². The fraction of sp³-hybridized carbons (Fsp3) is 0.600. The molecule has 8 nitrogen and oxygen atoms in total. The van der Waals surface area contributed by atoms with E-state index >= 15 is 0 Å². The molecule has 0 saturated carbocycles. The predicted molar refractivity (Wildman–Crippen MR) is 103 cm³/mol. The van der Waals surface area contributed by atoms with Gasteiger partial charge in [-0.15, -0.1) is 5.10 Å². The van der Waals surface area contributed by atoms with E-state index in [2.05, 4.69) is 56.1 Å². The number of hydrogen-bond donors (Lipinski definition) is 1. The molecule has 28 heavy (non-hydrogen) atoms. The standard InChI is InChI=1S/C20H27N7O/c28-20(21-18-6-7-19-22-23-24-27(19)9-8-18)26-13-16-11-25(12-17(16)14-26)10-15-4-2-1-3-5-15/h1-5,16-18H,6-14H2,(H,21,28)/t16-,17+,18?. The first-order chi connectivity index (χ1) is 13.7. The maximum Gasteiger partial charge on any atom is 0.317 e. The third-order valence-electron chi connectivity index (χ3n) is 6.44. The second-order valence-electron chi connectivity index (χ2n) is 8.40. The van der Waals surface area contributed by atoms with Crippen molar-refractivity contribution in [2.75, 3.05) is 26.2 Å². The molecule has 5 rings (SSSR count). The Morgan fingerprint density at radius 2 is 1.86 bits per heavy atom. The van der Waals surface area contributed by atoms with Crippen LogP contribution in [0, 0.1) is 11.8 Å². The molecule has 8 heteroatoms. The van der Waals surface area contributed by atoms with Gasteiger partial charge in [-0.1, -0.05) is 30.3 Å². The van der Waals surface area contributed by atoms with Crippen molar-refractivity contribution in [2.24, 2.45) is 11.8 Å². The topological polar surface area (TPSA) is 79.2 Å². The first-order valence-corrected chi connectivity index (χ1v) is 10.3. The van der Waals surface area contributed by atoms with E-state index in [1.165, 1.54) is 5.56 Å². The molecule has 3 aliphatic heterocycles. The van der Waals surface area contributed by atoms with Gasteiger partial charge in [0, 0.05) is 51.7 Å². The van der Waals surface area contributed by atoms with Crippen LogP contribution in [-0.2, 0) is 19.5 Å². The van der Waals surface area contributed by atoms with E-state index in [-0.39, 0.29) is 12.1 Å². The maximum atomic E-state index is 12.8. The van der Waals surface area contributed by atoms with Crippen LogP contribution in [0.4, 0.5) is 4.79 Å². The summed E-state index contributed by atoms with van der Waals surface area (Å²) in [5.74, 6) is 2.12. The van der Waals surface area contributed by atoms with Gasteiger partial charge in [-0.05, 0) is 40.7 Å². The van der Waals surface area contributed by atoms with Crippen molar-refractivity contribution >= 4 is 6.03 Å². The minimum atomic E-state index is 0.0969. The van der Waals surface area contributed by atoms with Crippen LogP contribution in [0.25, 0.3) is 0 Å². The summed E-state index contributed by atoms with van der Waals surface area (Å²) in [4.78, 5) is 17.4. The van der Waals surface area contributed by atoms with Crippen molar-refractivity contribution in [3.8, 4) is 0 Å². The Bertz CT molecular complexity index is 786. The van der Waals surface area contributed by atoms with Crippen LogP contribution in [0.1, 0.15) is 24.2 Å². The molecule has 148 valence electrons. The molecule has 4 heterocycles. The number of carbonyl (C=O) groups excluding carboxylic acids is 1. The number of benzene rings is 1. The van der Waals surface area contributed by atoms with Crippen molar-refractivity contribution < 1.29 is 4.79 Å². The molecule has 0 spiro atoms. The smallest absolute Gasteiger partial charge is 0.317 e. The number of nitrogens with zero attached hydrogens (tertiary/aromatic N) is 6. The zero-order valence-corrected chi connectivity index (χ0v) is 16.1.